The molecular formula is C30H32N10. The summed E-state index contributed by atoms with van der Waals surface area (Å²) in [7, 11) is 0. The van der Waals surface area contributed by atoms with E-state index >= 15 is 0 Å². The molecule has 0 aliphatic carbocycles. The third-order valence-electron chi connectivity index (χ3n) is 6.63. The first-order valence-electron chi connectivity index (χ1n) is 13.4. The molecule has 0 spiro atoms. The number of rotatable bonds is 6. The number of anilines is 1. The fraction of sp³-hybridized carbons (Fsp3) is 0.233. The molecule has 10 heteroatoms. The minimum atomic E-state index is 0.114. The van der Waals surface area contributed by atoms with E-state index in [4.69, 9.17) is 26.4 Å². The monoisotopic (exact) mass is 532 g/mol. The van der Waals surface area contributed by atoms with Gasteiger partial charge in [-0.05, 0) is 69.7 Å². The van der Waals surface area contributed by atoms with Gasteiger partial charge in [-0.3, -0.25) is 14.9 Å². The fourth-order valence-corrected chi connectivity index (χ4v) is 4.86. The highest BCUT2D eigenvalue weighted by Crippen LogP contribution is 2.30. The lowest BCUT2D eigenvalue weighted by Gasteiger charge is -2.15. The Bertz CT molecular complexity index is 1820. The molecule has 0 atom stereocenters. The molecule has 202 valence electrons. The zero-order valence-electron chi connectivity index (χ0n) is 23.0. The maximum atomic E-state index is 6.22. The van der Waals surface area contributed by atoms with Crippen molar-refractivity contribution in [3.05, 3.63) is 82.9 Å². The van der Waals surface area contributed by atoms with Crippen LogP contribution in [0.15, 0.2) is 75.6 Å². The Morgan fingerprint density at radius 3 is 2.05 bits per heavy atom. The molecule has 3 aromatic carbocycles. The second kappa shape index (κ2) is 9.96. The zero-order chi connectivity index (χ0) is 28.0. The van der Waals surface area contributed by atoms with Crippen LogP contribution in [0.1, 0.15) is 49.9 Å². The van der Waals surface area contributed by atoms with Gasteiger partial charge < -0.3 is 21.4 Å². The normalized spacial score (nSPS) is 15.3. The van der Waals surface area contributed by atoms with E-state index in [-0.39, 0.29) is 12.1 Å². The number of aromatic amines is 2. The van der Waals surface area contributed by atoms with E-state index in [0.717, 1.165) is 50.2 Å². The topological polar surface area (TPSA) is 150 Å². The molecule has 2 aromatic heterocycles. The zero-order valence-corrected chi connectivity index (χ0v) is 23.0. The molecule has 0 fully saturated rings. The Morgan fingerprint density at radius 1 is 0.800 bits per heavy atom. The second-order valence-corrected chi connectivity index (χ2v) is 10.5. The van der Waals surface area contributed by atoms with E-state index in [1.807, 2.05) is 76.2 Å². The van der Waals surface area contributed by atoms with Gasteiger partial charge in [0.2, 0.25) is 11.9 Å². The number of amidine groups is 3. The van der Waals surface area contributed by atoms with Crippen molar-refractivity contribution in [2.75, 3.05) is 4.90 Å². The lowest BCUT2D eigenvalue weighted by Crippen LogP contribution is -2.25. The Balaban J connectivity index is 1.40. The van der Waals surface area contributed by atoms with Gasteiger partial charge in [-0.2, -0.15) is 4.99 Å². The molecule has 40 heavy (non-hydrogen) atoms. The van der Waals surface area contributed by atoms with Crippen LogP contribution in [0.2, 0.25) is 0 Å². The highest BCUT2D eigenvalue weighted by Gasteiger charge is 2.29. The van der Waals surface area contributed by atoms with E-state index in [0.29, 0.717) is 30.1 Å². The van der Waals surface area contributed by atoms with Crippen molar-refractivity contribution in [2.45, 2.75) is 46.3 Å². The summed E-state index contributed by atoms with van der Waals surface area (Å²) in [5.41, 5.74) is 19.7. The summed E-state index contributed by atoms with van der Waals surface area (Å²) in [5, 5.41) is 0. The summed E-state index contributed by atoms with van der Waals surface area (Å²) in [4.78, 5) is 32.4. The predicted octanol–water partition coefficient (Wildman–Crippen LogP) is 4.77. The summed E-state index contributed by atoms with van der Waals surface area (Å²) in [6, 6.07) is 20.2. The van der Waals surface area contributed by atoms with Crippen molar-refractivity contribution in [2.24, 2.45) is 26.4 Å². The molecule has 0 bridgehead atoms. The van der Waals surface area contributed by atoms with E-state index in [2.05, 4.69) is 37.0 Å². The number of imidazole rings is 2. The van der Waals surface area contributed by atoms with E-state index in [9.17, 15) is 0 Å². The van der Waals surface area contributed by atoms with Gasteiger partial charge in [0.05, 0.1) is 28.6 Å². The van der Waals surface area contributed by atoms with Crippen LogP contribution in [-0.2, 0) is 6.54 Å². The minimum Gasteiger partial charge on any atom is -0.383 e. The Morgan fingerprint density at radius 2 is 1.40 bits per heavy atom. The molecule has 0 saturated carbocycles. The standard InChI is InChI=1S/C30H32N10/c1-16(2)33-26(31)18-9-11-22-24(13-18)36-29(35-22)39-28-21-8-6-5-7-20(21)15-40(28)30-37-23-12-10-19(14-25(23)38-30)27(32)34-17(3)4/h5-14,16-17H,15H2,1-4H3,(H2,31,33)(H2,32,34)(H,35,36)(H,37,38). The smallest absolute Gasteiger partial charge is 0.229 e. The third kappa shape index (κ3) is 4.79. The van der Waals surface area contributed by atoms with Crippen molar-refractivity contribution in [3.8, 4) is 0 Å². The van der Waals surface area contributed by atoms with Gasteiger partial charge in [0.15, 0.2) is 0 Å². The number of nitrogens with one attached hydrogen (secondary N) is 2. The van der Waals surface area contributed by atoms with Gasteiger partial charge in [-0.1, -0.05) is 24.3 Å². The molecule has 5 aromatic rings. The third-order valence-corrected chi connectivity index (χ3v) is 6.63. The fourth-order valence-electron chi connectivity index (χ4n) is 4.86. The number of benzene rings is 3. The van der Waals surface area contributed by atoms with E-state index in [1.54, 1.807) is 0 Å². The van der Waals surface area contributed by atoms with Gasteiger partial charge in [-0.25, -0.2) is 9.97 Å². The number of H-pyrrole nitrogens is 2. The highest BCUT2D eigenvalue weighted by molar-refractivity contribution is 6.14. The van der Waals surface area contributed by atoms with Crippen molar-refractivity contribution in [3.63, 3.8) is 0 Å². The molecule has 6 N–H and O–H groups in total. The van der Waals surface area contributed by atoms with Crippen LogP contribution in [0.5, 0.6) is 0 Å². The Hall–Kier alpha value is -4.99. The second-order valence-electron chi connectivity index (χ2n) is 10.5. The van der Waals surface area contributed by atoms with Gasteiger partial charge in [0.25, 0.3) is 0 Å². The van der Waals surface area contributed by atoms with Crippen LogP contribution in [0, 0.1) is 0 Å². The number of hydrogen-bond donors (Lipinski definition) is 4. The Labute approximate surface area is 232 Å². The van der Waals surface area contributed by atoms with Crippen LogP contribution < -0.4 is 16.4 Å². The highest BCUT2D eigenvalue weighted by atomic mass is 15.3. The van der Waals surface area contributed by atoms with Gasteiger partial charge >= 0.3 is 0 Å². The lowest BCUT2D eigenvalue weighted by atomic mass is 10.1. The summed E-state index contributed by atoms with van der Waals surface area (Å²) < 4.78 is 0. The number of aromatic nitrogens is 4. The van der Waals surface area contributed by atoms with Crippen LogP contribution in [0.25, 0.3) is 22.1 Å². The molecule has 6 rings (SSSR count). The van der Waals surface area contributed by atoms with Gasteiger partial charge in [0.1, 0.15) is 17.5 Å². The average Bonchev–Trinajstić information content (AvgIpc) is 3.62. The quantitative estimate of drug-likeness (QED) is 0.184. The number of fused-ring (bicyclic) bond motifs is 3. The number of nitrogens with two attached hydrogens (primary N) is 2. The first kappa shape index (κ1) is 25.3. The number of hydrogen-bond acceptors (Lipinski definition) is 5. The molecule has 1 aliphatic heterocycles. The van der Waals surface area contributed by atoms with Crippen LogP contribution in [-0.4, -0.2) is 49.5 Å². The van der Waals surface area contributed by atoms with E-state index < -0.39 is 0 Å². The van der Waals surface area contributed by atoms with Crippen LogP contribution >= 0.6 is 0 Å². The molecule has 1 aliphatic rings. The van der Waals surface area contributed by atoms with Crippen molar-refractivity contribution < 1.29 is 0 Å². The van der Waals surface area contributed by atoms with Crippen molar-refractivity contribution in [1.29, 1.82) is 0 Å². The van der Waals surface area contributed by atoms with Crippen molar-refractivity contribution in [1.82, 2.24) is 19.9 Å². The molecule has 0 radical (unpaired) electrons. The van der Waals surface area contributed by atoms with Gasteiger partial charge in [-0.15, -0.1) is 0 Å². The maximum absolute atomic E-state index is 6.22. The maximum Gasteiger partial charge on any atom is 0.229 e. The van der Waals surface area contributed by atoms with Crippen LogP contribution in [0.4, 0.5) is 11.9 Å². The first-order chi connectivity index (χ1) is 19.2. The first-order valence-corrected chi connectivity index (χ1v) is 13.4. The number of aliphatic imine (C=N–C) groups is 3. The molecular weight excluding hydrogens is 500 g/mol. The minimum absolute atomic E-state index is 0.114. The predicted molar refractivity (Wildman–Crippen MR) is 163 cm³/mol. The molecule has 0 unspecified atom stereocenters. The summed E-state index contributed by atoms with van der Waals surface area (Å²) in [6.45, 7) is 8.63. The van der Waals surface area contributed by atoms with Crippen LogP contribution in [0.3, 0.4) is 0 Å². The lowest BCUT2D eigenvalue weighted by molar-refractivity contribution is 0.834. The summed E-state index contributed by atoms with van der Waals surface area (Å²) in [6.07, 6.45) is 0. The summed E-state index contributed by atoms with van der Waals surface area (Å²) in [5.74, 6) is 2.96. The number of nitrogens with zero attached hydrogens (tertiary/aromatic N) is 6. The van der Waals surface area contributed by atoms with Gasteiger partial charge in [0, 0.05) is 28.8 Å². The average molecular weight is 533 g/mol. The molecule has 0 saturated heterocycles. The largest absolute Gasteiger partial charge is 0.383 e. The SMILES string of the molecule is CC(C)N=C(N)c1ccc2nc(N=C3c4ccccc4CN3c3nc4ccc(C(N)=NC(C)C)cc4[nH]3)[nH]c2c1. The molecule has 3 heterocycles. The summed E-state index contributed by atoms with van der Waals surface area (Å²) >= 11 is 0. The van der Waals surface area contributed by atoms with E-state index in [1.165, 1.54) is 0 Å². The Kier molecular flexibility index (Phi) is 6.30. The van der Waals surface area contributed by atoms with Crippen molar-refractivity contribution >= 4 is 51.5 Å². The molecule has 0 amide bonds. The molecule has 10 nitrogen and oxygen atoms in total.